The Labute approximate surface area is 161 Å². The fourth-order valence-electron chi connectivity index (χ4n) is 3.33. The fourth-order valence-corrected chi connectivity index (χ4v) is 5.05. The largest absolute Gasteiger partial charge is 0.494 e. The summed E-state index contributed by atoms with van der Waals surface area (Å²) in [6, 6.07) is 7.84. The molecule has 1 fully saturated rings. The van der Waals surface area contributed by atoms with E-state index in [1.54, 1.807) is 4.52 Å². The van der Waals surface area contributed by atoms with Gasteiger partial charge in [0.25, 0.3) is 0 Å². The summed E-state index contributed by atoms with van der Waals surface area (Å²) in [5.41, 5.74) is 0.981. The van der Waals surface area contributed by atoms with Crippen molar-refractivity contribution in [3.05, 3.63) is 30.1 Å². The summed E-state index contributed by atoms with van der Waals surface area (Å²) in [6.45, 7) is 3.58. The topological polar surface area (TPSA) is 89.7 Å². The lowest BCUT2D eigenvalue weighted by Gasteiger charge is -2.28. The second-order valence-electron chi connectivity index (χ2n) is 6.56. The van der Waals surface area contributed by atoms with E-state index in [1.165, 1.54) is 21.9 Å². The predicted molar refractivity (Wildman–Crippen MR) is 104 cm³/mol. The van der Waals surface area contributed by atoms with E-state index in [1.807, 2.05) is 31.2 Å². The third-order valence-corrected chi connectivity index (χ3v) is 6.95. The van der Waals surface area contributed by atoms with Crippen molar-refractivity contribution in [3.8, 4) is 16.3 Å². The highest BCUT2D eigenvalue weighted by Gasteiger charge is 2.29. The van der Waals surface area contributed by atoms with E-state index >= 15 is 0 Å². The normalized spacial score (nSPS) is 16.8. The Hall–Kier alpha value is -2.04. The number of piperidine rings is 1. The van der Waals surface area contributed by atoms with E-state index in [0.717, 1.165) is 39.9 Å². The van der Waals surface area contributed by atoms with Crippen LogP contribution in [0, 0.1) is 0 Å². The van der Waals surface area contributed by atoms with Gasteiger partial charge in [0, 0.05) is 24.6 Å². The van der Waals surface area contributed by atoms with Gasteiger partial charge in [0.1, 0.15) is 10.8 Å². The van der Waals surface area contributed by atoms with Crippen molar-refractivity contribution in [1.29, 1.82) is 0 Å². The summed E-state index contributed by atoms with van der Waals surface area (Å²) < 4.78 is 32.3. The van der Waals surface area contributed by atoms with Gasteiger partial charge in [-0.05, 0) is 31.9 Å². The average Bonchev–Trinajstić information content (AvgIpc) is 3.22. The SMILES string of the molecule is CCOc1cccc(-c2nn3c(C4CCN(S(C)(=O)=O)CC4)nnc3s2)c1. The maximum absolute atomic E-state index is 11.7. The minimum absolute atomic E-state index is 0.155. The number of hydrogen-bond donors (Lipinski definition) is 0. The van der Waals surface area contributed by atoms with E-state index in [4.69, 9.17) is 9.84 Å². The molecule has 0 bridgehead atoms. The van der Waals surface area contributed by atoms with E-state index < -0.39 is 10.0 Å². The number of hydrogen-bond acceptors (Lipinski definition) is 7. The van der Waals surface area contributed by atoms with Gasteiger partial charge in [-0.1, -0.05) is 23.5 Å². The summed E-state index contributed by atoms with van der Waals surface area (Å²) in [5.74, 6) is 1.78. The van der Waals surface area contributed by atoms with Crippen LogP contribution in [0.1, 0.15) is 31.5 Å². The smallest absolute Gasteiger partial charge is 0.234 e. The van der Waals surface area contributed by atoms with Crippen LogP contribution < -0.4 is 4.74 Å². The van der Waals surface area contributed by atoms with Crippen LogP contribution in [0.3, 0.4) is 0 Å². The van der Waals surface area contributed by atoms with Crippen molar-refractivity contribution in [2.24, 2.45) is 0 Å². The Balaban J connectivity index is 1.59. The first-order valence-corrected chi connectivity index (χ1v) is 11.5. The molecule has 0 N–H and O–H groups in total. The van der Waals surface area contributed by atoms with Crippen LogP contribution in [-0.2, 0) is 10.0 Å². The quantitative estimate of drug-likeness (QED) is 0.645. The molecule has 3 heterocycles. The maximum Gasteiger partial charge on any atom is 0.234 e. The third-order valence-electron chi connectivity index (χ3n) is 4.70. The number of nitrogens with zero attached hydrogens (tertiary/aromatic N) is 5. The van der Waals surface area contributed by atoms with Gasteiger partial charge in [-0.3, -0.25) is 0 Å². The lowest BCUT2D eigenvalue weighted by atomic mass is 9.97. The molecule has 0 unspecified atom stereocenters. The van der Waals surface area contributed by atoms with Gasteiger partial charge in [0.15, 0.2) is 5.82 Å². The molecule has 2 aromatic heterocycles. The van der Waals surface area contributed by atoms with Crippen LogP contribution in [0.4, 0.5) is 0 Å². The van der Waals surface area contributed by atoms with Gasteiger partial charge in [0.05, 0.1) is 12.9 Å². The second kappa shape index (κ2) is 7.17. The lowest BCUT2D eigenvalue weighted by molar-refractivity contribution is 0.313. The molecule has 1 aliphatic rings. The zero-order valence-electron chi connectivity index (χ0n) is 15.2. The predicted octanol–water partition coefficient (Wildman–Crippen LogP) is 2.39. The number of fused-ring (bicyclic) bond motifs is 1. The number of aromatic nitrogens is 4. The van der Waals surface area contributed by atoms with Crippen LogP contribution in [0.15, 0.2) is 24.3 Å². The van der Waals surface area contributed by atoms with Gasteiger partial charge < -0.3 is 4.74 Å². The summed E-state index contributed by atoms with van der Waals surface area (Å²) in [4.78, 5) is 0.743. The monoisotopic (exact) mass is 407 g/mol. The number of rotatable bonds is 5. The highest BCUT2D eigenvalue weighted by atomic mass is 32.2. The van der Waals surface area contributed by atoms with Crippen LogP contribution in [-0.4, -0.2) is 58.5 Å². The number of sulfonamides is 1. The molecule has 8 nitrogen and oxygen atoms in total. The molecule has 0 aliphatic carbocycles. The first-order chi connectivity index (χ1) is 13.0. The van der Waals surface area contributed by atoms with E-state index in [-0.39, 0.29) is 5.92 Å². The Morgan fingerprint density at radius 3 is 2.74 bits per heavy atom. The number of benzene rings is 1. The first kappa shape index (κ1) is 18.3. The third kappa shape index (κ3) is 3.69. The molecule has 27 heavy (non-hydrogen) atoms. The first-order valence-electron chi connectivity index (χ1n) is 8.86. The van der Waals surface area contributed by atoms with Gasteiger partial charge in [-0.15, -0.1) is 10.2 Å². The van der Waals surface area contributed by atoms with Gasteiger partial charge in [-0.2, -0.15) is 9.61 Å². The molecule has 1 aromatic carbocycles. The van der Waals surface area contributed by atoms with E-state index in [0.29, 0.717) is 19.7 Å². The van der Waals surface area contributed by atoms with Gasteiger partial charge >= 0.3 is 0 Å². The van der Waals surface area contributed by atoms with Crippen molar-refractivity contribution in [3.63, 3.8) is 0 Å². The molecule has 0 radical (unpaired) electrons. The van der Waals surface area contributed by atoms with E-state index in [2.05, 4.69) is 10.2 Å². The Kier molecular flexibility index (Phi) is 4.87. The highest BCUT2D eigenvalue weighted by Crippen LogP contribution is 2.32. The molecule has 1 saturated heterocycles. The summed E-state index contributed by atoms with van der Waals surface area (Å²) >= 11 is 1.48. The van der Waals surface area contributed by atoms with Crippen molar-refractivity contribution in [2.75, 3.05) is 26.0 Å². The molecular formula is C17H21N5O3S2. The van der Waals surface area contributed by atoms with Crippen molar-refractivity contribution in [2.45, 2.75) is 25.7 Å². The summed E-state index contributed by atoms with van der Waals surface area (Å²) in [6.07, 6.45) is 2.70. The molecule has 144 valence electrons. The molecule has 0 saturated carbocycles. The Bertz CT molecular complexity index is 1050. The number of ether oxygens (including phenoxy) is 1. The van der Waals surface area contributed by atoms with Crippen LogP contribution in [0.5, 0.6) is 5.75 Å². The summed E-state index contributed by atoms with van der Waals surface area (Å²) in [7, 11) is -3.14. The molecule has 10 heteroatoms. The second-order valence-corrected chi connectivity index (χ2v) is 9.50. The highest BCUT2D eigenvalue weighted by molar-refractivity contribution is 7.88. The van der Waals surface area contributed by atoms with E-state index in [9.17, 15) is 8.42 Å². The zero-order chi connectivity index (χ0) is 19.0. The molecule has 1 aliphatic heterocycles. The molecule has 0 amide bonds. The minimum atomic E-state index is -3.14. The molecule has 4 rings (SSSR count). The van der Waals surface area contributed by atoms with Gasteiger partial charge in [0.2, 0.25) is 15.0 Å². The summed E-state index contributed by atoms with van der Waals surface area (Å²) in [5, 5.41) is 14.2. The Morgan fingerprint density at radius 2 is 2.04 bits per heavy atom. The minimum Gasteiger partial charge on any atom is -0.494 e. The molecule has 0 atom stereocenters. The van der Waals surface area contributed by atoms with Crippen molar-refractivity contribution < 1.29 is 13.2 Å². The average molecular weight is 408 g/mol. The van der Waals surface area contributed by atoms with Crippen molar-refractivity contribution in [1.82, 2.24) is 24.1 Å². The van der Waals surface area contributed by atoms with Crippen LogP contribution >= 0.6 is 11.3 Å². The molecule has 0 spiro atoms. The zero-order valence-corrected chi connectivity index (χ0v) is 16.8. The molecule has 3 aromatic rings. The van der Waals surface area contributed by atoms with Crippen LogP contribution in [0.2, 0.25) is 0 Å². The van der Waals surface area contributed by atoms with Crippen molar-refractivity contribution >= 4 is 26.3 Å². The standard InChI is InChI=1S/C17H21N5O3S2/c1-3-25-14-6-4-5-13(11-14)16-20-22-15(18-19-17(22)26-16)12-7-9-21(10-8-12)27(2,23)24/h4-6,11-12H,3,7-10H2,1-2H3. The Morgan fingerprint density at radius 1 is 1.26 bits per heavy atom. The maximum atomic E-state index is 11.7. The molecular weight excluding hydrogens is 386 g/mol. The lowest BCUT2D eigenvalue weighted by Crippen LogP contribution is -2.37. The van der Waals surface area contributed by atoms with Gasteiger partial charge in [-0.25, -0.2) is 12.7 Å². The van der Waals surface area contributed by atoms with Crippen LogP contribution in [0.25, 0.3) is 15.5 Å². The fraction of sp³-hybridized carbons (Fsp3) is 0.471.